The summed E-state index contributed by atoms with van der Waals surface area (Å²) in [6.07, 6.45) is 1.27. The molecule has 0 fully saturated rings. The molecular formula is C10H19NO3. The highest BCUT2D eigenvalue weighted by atomic mass is 16.5. The van der Waals surface area contributed by atoms with Crippen molar-refractivity contribution >= 4 is 12.3 Å². The molecule has 0 aliphatic rings. The molecule has 0 heterocycles. The number of ether oxygens (including phenoxy) is 1. The van der Waals surface area contributed by atoms with Gasteiger partial charge in [0.15, 0.2) is 12.4 Å². The SMILES string of the molecule is CCC(C=O)OC(=O)[C@@H](N)[C@@H](C)CC. The number of carbonyl (C=O) groups excluding carboxylic acids is 2. The van der Waals surface area contributed by atoms with Crippen molar-refractivity contribution in [1.29, 1.82) is 0 Å². The molecule has 4 nitrogen and oxygen atoms in total. The van der Waals surface area contributed by atoms with Crippen molar-refractivity contribution in [2.75, 3.05) is 0 Å². The molecule has 0 saturated heterocycles. The van der Waals surface area contributed by atoms with Gasteiger partial charge in [-0.1, -0.05) is 27.2 Å². The molecule has 0 aromatic rings. The molecule has 82 valence electrons. The standard InChI is InChI=1S/C10H19NO3/c1-4-7(3)9(11)10(13)14-8(5-2)6-12/h6-9H,4-5,11H2,1-3H3/t7-,8?,9-/m0/s1. The van der Waals surface area contributed by atoms with Crippen molar-refractivity contribution in [1.82, 2.24) is 0 Å². The lowest BCUT2D eigenvalue weighted by Crippen LogP contribution is -2.40. The summed E-state index contributed by atoms with van der Waals surface area (Å²) in [5, 5.41) is 0. The summed E-state index contributed by atoms with van der Waals surface area (Å²) in [4.78, 5) is 21.8. The fourth-order valence-corrected chi connectivity index (χ4v) is 0.921. The summed E-state index contributed by atoms with van der Waals surface area (Å²) in [5.41, 5.74) is 5.64. The average molecular weight is 201 g/mol. The number of carbonyl (C=O) groups is 2. The van der Waals surface area contributed by atoms with Crippen molar-refractivity contribution in [2.45, 2.75) is 45.8 Å². The maximum absolute atomic E-state index is 11.4. The van der Waals surface area contributed by atoms with E-state index in [4.69, 9.17) is 10.5 Å². The minimum absolute atomic E-state index is 0.0756. The smallest absolute Gasteiger partial charge is 0.323 e. The lowest BCUT2D eigenvalue weighted by Gasteiger charge is -2.18. The molecule has 0 bridgehead atoms. The molecule has 1 unspecified atom stereocenters. The predicted octanol–water partition coefficient (Wildman–Crippen LogP) is 0.880. The lowest BCUT2D eigenvalue weighted by atomic mass is 10.0. The Balaban J connectivity index is 4.12. The van der Waals surface area contributed by atoms with E-state index in [1.54, 1.807) is 6.92 Å². The highest BCUT2D eigenvalue weighted by Crippen LogP contribution is 2.08. The quantitative estimate of drug-likeness (QED) is 0.511. The third-order valence-electron chi connectivity index (χ3n) is 2.35. The summed E-state index contributed by atoms with van der Waals surface area (Å²) >= 11 is 0. The van der Waals surface area contributed by atoms with Crippen LogP contribution in [-0.4, -0.2) is 24.4 Å². The molecule has 14 heavy (non-hydrogen) atoms. The molecule has 0 aromatic heterocycles. The summed E-state index contributed by atoms with van der Waals surface area (Å²) in [6, 6.07) is -0.631. The van der Waals surface area contributed by atoms with E-state index < -0.39 is 18.1 Å². The Hall–Kier alpha value is -0.900. The van der Waals surface area contributed by atoms with Crippen molar-refractivity contribution in [3.63, 3.8) is 0 Å². The molecule has 0 radical (unpaired) electrons. The molecule has 3 atom stereocenters. The van der Waals surface area contributed by atoms with Gasteiger partial charge in [-0.25, -0.2) is 0 Å². The van der Waals surface area contributed by atoms with Gasteiger partial charge in [-0.2, -0.15) is 0 Å². The van der Waals surface area contributed by atoms with Gasteiger partial charge in [0.1, 0.15) is 6.04 Å². The van der Waals surface area contributed by atoms with Crippen LogP contribution in [0.2, 0.25) is 0 Å². The van der Waals surface area contributed by atoms with E-state index in [2.05, 4.69) is 0 Å². The molecule has 2 N–H and O–H groups in total. The van der Waals surface area contributed by atoms with Crippen molar-refractivity contribution in [3.8, 4) is 0 Å². The fourth-order valence-electron chi connectivity index (χ4n) is 0.921. The zero-order valence-electron chi connectivity index (χ0n) is 9.03. The van der Waals surface area contributed by atoms with Crippen molar-refractivity contribution in [3.05, 3.63) is 0 Å². The normalized spacial score (nSPS) is 16.9. The van der Waals surface area contributed by atoms with Crippen LogP contribution in [0.25, 0.3) is 0 Å². The van der Waals surface area contributed by atoms with Crippen LogP contribution in [-0.2, 0) is 14.3 Å². The first-order valence-corrected chi connectivity index (χ1v) is 4.98. The number of nitrogens with two attached hydrogens (primary N) is 1. The minimum Gasteiger partial charge on any atom is -0.454 e. The van der Waals surface area contributed by atoms with Gasteiger partial charge in [-0.05, 0) is 12.3 Å². The maximum atomic E-state index is 11.4. The van der Waals surface area contributed by atoms with E-state index in [-0.39, 0.29) is 5.92 Å². The van der Waals surface area contributed by atoms with Crippen LogP contribution in [0.5, 0.6) is 0 Å². The van der Waals surface area contributed by atoms with Crippen LogP contribution >= 0.6 is 0 Å². The third-order valence-corrected chi connectivity index (χ3v) is 2.35. The Kier molecular flexibility index (Phi) is 6.12. The summed E-state index contributed by atoms with van der Waals surface area (Å²) < 4.78 is 4.90. The van der Waals surface area contributed by atoms with Crippen LogP contribution in [0, 0.1) is 5.92 Å². The Labute approximate surface area is 84.8 Å². The van der Waals surface area contributed by atoms with E-state index in [9.17, 15) is 9.59 Å². The van der Waals surface area contributed by atoms with Gasteiger partial charge in [0.2, 0.25) is 0 Å². The number of hydrogen-bond acceptors (Lipinski definition) is 4. The van der Waals surface area contributed by atoms with E-state index >= 15 is 0 Å². The van der Waals surface area contributed by atoms with Crippen LogP contribution in [0.3, 0.4) is 0 Å². The van der Waals surface area contributed by atoms with Crippen LogP contribution in [0.1, 0.15) is 33.6 Å². The Morgan fingerprint density at radius 1 is 1.43 bits per heavy atom. The first-order valence-electron chi connectivity index (χ1n) is 4.98. The number of rotatable bonds is 6. The molecule has 0 aliphatic carbocycles. The Bertz CT molecular complexity index is 194. The highest BCUT2D eigenvalue weighted by molar-refractivity contribution is 5.77. The zero-order valence-corrected chi connectivity index (χ0v) is 9.03. The van der Waals surface area contributed by atoms with Crippen LogP contribution in [0.15, 0.2) is 0 Å². The molecule has 4 heteroatoms. The summed E-state index contributed by atoms with van der Waals surface area (Å²) in [5.74, 6) is -0.412. The fraction of sp³-hybridized carbons (Fsp3) is 0.800. The Morgan fingerprint density at radius 3 is 2.36 bits per heavy atom. The second kappa shape index (κ2) is 6.54. The molecule has 0 saturated carbocycles. The van der Waals surface area contributed by atoms with Gasteiger partial charge >= 0.3 is 5.97 Å². The van der Waals surface area contributed by atoms with Gasteiger partial charge in [-0.15, -0.1) is 0 Å². The van der Waals surface area contributed by atoms with Gasteiger partial charge in [0.05, 0.1) is 0 Å². The largest absolute Gasteiger partial charge is 0.454 e. The van der Waals surface area contributed by atoms with Crippen molar-refractivity contribution < 1.29 is 14.3 Å². The van der Waals surface area contributed by atoms with Crippen LogP contribution in [0.4, 0.5) is 0 Å². The van der Waals surface area contributed by atoms with Crippen LogP contribution < -0.4 is 5.73 Å². The van der Waals surface area contributed by atoms with E-state index in [0.29, 0.717) is 12.7 Å². The summed E-state index contributed by atoms with van der Waals surface area (Å²) in [7, 11) is 0. The number of aldehydes is 1. The minimum atomic E-state index is -0.655. The Morgan fingerprint density at radius 2 is 2.00 bits per heavy atom. The lowest BCUT2D eigenvalue weighted by molar-refractivity contribution is -0.154. The van der Waals surface area contributed by atoms with E-state index in [0.717, 1.165) is 6.42 Å². The third kappa shape index (κ3) is 3.87. The molecule has 0 amide bonds. The second-order valence-corrected chi connectivity index (χ2v) is 3.43. The van der Waals surface area contributed by atoms with Gasteiger partial charge in [-0.3, -0.25) is 9.59 Å². The molecule has 0 rings (SSSR count). The van der Waals surface area contributed by atoms with E-state index in [1.807, 2.05) is 13.8 Å². The predicted molar refractivity (Wildman–Crippen MR) is 53.7 cm³/mol. The molecule has 0 spiro atoms. The topological polar surface area (TPSA) is 69.4 Å². The first-order chi connectivity index (χ1) is 6.56. The number of hydrogen-bond donors (Lipinski definition) is 1. The van der Waals surface area contributed by atoms with Gasteiger partial charge in [0.25, 0.3) is 0 Å². The van der Waals surface area contributed by atoms with E-state index in [1.165, 1.54) is 0 Å². The van der Waals surface area contributed by atoms with Gasteiger partial charge in [0, 0.05) is 0 Å². The maximum Gasteiger partial charge on any atom is 0.323 e. The second-order valence-electron chi connectivity index (χ2n) is 3.43. The van der Waals surface area contributed by atoms with Crippen molar-refractivity contribution in [2.24, 2.45) is 11.7 Å². The van der Waals surface area contributed by atoms with Gasteiger partial charge < -0.3 is 10.5 Å². The first kappa shape index (κ1) is 13.1. The molecule has 0 aliphatic heterocycles. The summed E-state index contributed by atoms with van der Waals surface area (Å²) in [6.45, 7) is 5.61. The molecular weight excluding hydrogens is 182 g/mol. The monoisotopic (exact) mass is 201 g/mol. The highest BCUT2D eigenvalue weighted by Gasteiger charge is 2.23. The average Bonchev–Trinajstić information content (AvgIpc) is 2.23. The number of esters is 1. The zero-order chi connectivity index (χ0) is 11.1. The molecule has 0 aromatic carbocycles.